The van der Waals surface area contributed by atoms with E-state index in [1.807, 2.05) is 0 Å². The molecule has 1 saturated heterocycles. The van der Waals surface area contributed by atoms with Crippen molar-refractivity contribution in [3.8, 4) is 11.5 Å². The van der Waals surface area contributed by atoms with E-state index in [1.165, 1.54) is 26.4 Å². The van der Waals surface area contributed by atoms with Gasteiger partial charge in [-0.3, -0.25) is 14.9 Å². The number of amides is 1. The van der Waals surface area contributed by atoms with Gasteiger partial charge in [0, 0.05) is 18.7 Å². The molecule has 1 aliphatic rings. The van der Waals surface area contributed by atoms with Crippen molar-refractivity contribution in [1.82, 2.24) is 10.6 Å². The number of hydrogen-bond acceptors (Lipinski definition) is 6. The van der Waals surface area contributed by atoms with Crippen LogP contribution in [0.5, 0.6) is 11.5 Å². The van der Waals surface area contributed by atoms with Crippen molar-refractivity contribution in [3.63, 3.8) is 0 Å². The minimum absolute atomic E-state index is 0.0366. The summed E-state index contributed by atoms with van der Waals surface area (Å²) in [4.78, 5) is 23.2. The van der Waals surface area contributed by atoms with Crippen LogP contribution in [0.2, 0.25) is 0 Å². The number of hydrogen-bond donors (Lipinski definition) is 2. The maximum atomic E-state index is 12.5. The molecule has 0 bridgehead atoms. The van der Waals surface area contributed by atoms with Gasteiger partial charge in [-0.05, 0) is 18.9 Å². The van der Waals surface area contributed by atoms with Crippen molar-refractivity contribution in [2.75, 3.05) is 27.3 Å². The van der Waals surface area contributed by atoms with Crippen LogP contribution in [0.3, 0.4) is 0 Å². The lowest BCUT2D eigenvalue weighted by Gasteiger charge is -2.30. The molecule has 0 spiro atoms. The fraction of sp³-hybridized carbons (Fsp3) is 0.533. The van der Waals surface area contributed by atoms with Gasteiger partial charge in [-0.25, -0.2) is 0 Å². The van der Waals surface area contributed by atoms with Crippen LogP contribution in [0.4, 0.5) is 5.69 Å². The Balaban J connectivity index is 2.32. The molecule has 23 heavy (non-hydrogen) atoms. The molecule has 8 heteroatoms. The SMILES string of the molecule is COc1cc(C(=O)NC2CNCCC2C)c([N+](=O)[O-])cc1OC. The minimum Gasteiger partial charge on any atom is -0.493 e. The van der Waals surface area contributed by atoms with Crippen LogP contribution in [0.1, 0.15) is 23.7 Å². The average Bonchev–Trinajstić information content (AvgIpc) is 2.55. The van der Waals surface area contributed by atoms with Gasteiger partial charge in [0.25, 0.3) is 11.6 Å². The van der Waals surface area contributed by atoms with Gasteiger partial charge >= 0.3 is 0 Å². The first-order valence-corrected chi connectivity index (χ1v) is 7.40. The van der Waals surface area contributed by atoms with Crippen molar-refractivity contribution in [3.05, 3.63) is 27.8 Å². The van der Waals surface area contributed by atoms with Crippen molar-refractivity contribution in [2.24, 2.45) is 5.92 Å². The third-order valence-corrected chi connectivity index (χ3v) is 4.09. The monoisotopic (exact) mass is 323 g/mol. The highest BCUT2D eigenvalue weighted by atomic mass is 16.6. The molecule has 8 nitrogen and oxygen atoms in total. The van der Waals surface area contributed by atoms with Crippen molar-refractivity contribution >= 4 is 11.6 Å². The lowest BCUT2D eigenvalue weighted by atomic mass is 9.94. The predicted octanol–water partition coefficient (Wildman–Crippen LogP) is 1.34. The molecule has 2 N–H and O–H groups in total. The predicted molar refractivity (Wildman–Crippen MR) is 84.1 cm³/mol. The molecule has 1 aromatic carbocycles. The van der Waals surface area contributed by atoms with Crippen LogP contribution in [0.15, 0.2) is 12.1 Å². The molecule has 2 unspecified atom stereocenters. The van der Waals surface area contributed by atoms with E-state index in [1.54, 1.807) is 0 Å². The summed E-state index contributed by atoms with van der Waals surface area (Å²) in [6.07, 6.45) is 0.943. The molecule has 0 radical (unpaired) electrons. The maximum Gasteiger partial charge on any atom is 0.286 e. The first-order chi connectivity index (χ1) is 11.0. The topological polar surface area (TPSA) is 103 Å². The van der Waals surface area contributed by atoms with E-state index in [0.717, 1.165) is 13.0 Å². The Bertz CT molecular complexity index is 605. The van der Waals surface area contributed by atoms with Crippen molar-refractivity contribution < 1.29 is 19.2 Å². The van der Waals surface area contributed by atoms with Gasteiger partial charge in [0.15, 0.2) is 11.5 Å². The van der Waals surface area contributed by atoms with Gasteiger partial charge < -0.3 is 20.1 Å². The summed E-state index contributed by atoms with van der Waals surface area (Å²) in [5.41, 5.74) is -0.345. The fourth-order valence-corrected chi connectivity index (χ4v) is 2.63. The Labute approximate surface area is 134 Å². The number of ether oxygens (including phenoxy) is 2. The summed E-state index contributed by atoms with van der Waals surface area (Å²) in [6.45, 7) is 3.60. The molecule has 1 amide bonds. The van der Waals surface area contributed by atoms with Crippen LogP contribution in [-0.2, 0) is 0 Å². The normalized spacial score (nSPS) is 20.7. The van der Waals surface area contributed by atoms with E-state index in [0.29, 0.717) is 12.5 Å². The third kappa shape index (κ3) is 3.70. The summed E-state index contributed by atoms with van der Waals surface area (Å²) >= 11 is 0. The number of nitro groups is 1. The smallest absolute Gasteiger partial charge is 0.286 e. The Morgan fingerprint density at radius 1 is 1.35 bits per heavy atom. The summed E-state index contributed by atoms with van der Waals surface area (Å²) in [5.74, 6) is 0.305. The maximum absolute atomic E-state index is 12.5. The molecule has 1 heterocycles. The Hall–Kier alpha value is -2.35. The summed E-state index contributed by atoms with van der Waals surface area (Å²) in [6, 6.07) is 2.48. The molecule has 2 atom stereocenters. The van der Waals surface area contributed by atoms with E-state index in [-0.39, 0.29) is 28.8 Å². The lowest BCUT2D eigenvalue weighted by Crippen LogP contribution is -2.50. The molecule has 126 valence electrons. The largest absolute Gasteiger partial charge is 0.493 e. The fourth-order valence-electron chi connectivity index (χ4n) is 2.63. The average molecular weight is 323 g/mol. The molecule has 0 aliphatic carbocycles. The second-order valence-corrected chi connectivity index (χ2v) is 5.53. The van der Waals surface area contributed by atoms with E-state index >= 15 is 0 Å². The number of benzene rings is 1. The number of nitro benzene ring substituents is 1. The summed E-state index contributed by atoms with van der Waals surface area (Å²) in [5, 5.41) is 17.3. The number of rotatable bonds is 5. The first-order valence-electron chi connectivity index (χ1n) is 7.40. The van der Waals surface area contributed by atoms with Gasteiger partial charge in [-0.15, -0.1) is 0 Å². The van der Waals surface area contributed by atoms with E-state index in [2.05, 4.69) is 17.6 Å². The number of carbonyl (C=O) groups excluding carboxylic acids is 1. The van der Waals surface area contributed by atoms with Gasteiger partial charge in [-0.1, -0.05) is 6.92 Å². The molecule has 2 rings (SSSR count). The number of nitrogens with zero attached hydrogens (tertiary/aromatic N) is 1. The second-order valence-electron chi connectivity index (χ2n) is 5.53. The highest BCUT2D eigenvalue weighted by Gasteiger charge is 2.28. The number of nitrogens with one attached hydrogen (secondary N) is 2. The standard InChI is InChI=1S/C15H21N3O5/c1-9-4-5-16-8-11(9)17-15(19)10-6-13(22-2)14(23-3)7-12(10)18(20)21/h6-7,9,11,16H,4-5,8H2,1-3H3,(H,17,19). The quantitative estimate of drug-likeness (QED) is 0.626. The van der Waals surface area contributed by atoms with E-state index < -0.39 is 10.8 Å². The molecule has 1 aliphatic heterocycles. The zero-order chi connectivity index (χ0) is 17.0. The number of methoxy groups -OCH3 is 2. The zero-order valence-electron chi connectivity index (χ0n) is 13.4. The first kappa shape index (κ1) is 17.0. The number of piperidine rings is 1. The molecule has 0 saturated carbocycles. The Kier molecular flexibility index (Phi) is 5.38. The molecular formula is C15H21N3O5. The zero-order valence-corrected chi connectivity index (χ0v) is 13.4. The molecule has 1 aromatic rings. The van der Waals surface area contributed by atoms with Gasteiger partial charge in [0.2, 0.25) is 0 Å². The molecule has 0 aromatic heterocycles. The lowest BCUT2D eigenvalue weighted by molar-refractivity contribution is -0.385. The van der Waals surface area contributed by atoms with Crippen LogP contribution < -0.4 is 20.1 Å². The molecular weight excluding hydrogens is 302 g/mol. The molecule has 1 fully saturated rings. The Morgan fingerprint density at radius 2 is 2.00 bits per heavy atom. The Morgan fingerprint density at radius 3 is 2.57 bits per heavy atom. The third-order valence-electron chi connectivity index (χ3n) is 4.09. The van der Waals surface area contributed by atoms with E-state index in [4.69, 9.17) is 9.47 Å². The van der Waals surface area contributed by atoms with Crippen LogP contribution >= 0.6 is 0 Å². The van der Waals surface area contributed by atoms with Crippen molar-refractivity contribution in [2.45, 2.75) is 19.4 Å². The van der Waals surface area contributed by atoms with E-state index in [9.17, 15) is 14.9 Å². The van der Waals surface area contributed by atoms with Gasteiger partial charge in [0.05, 0.1) is 25.2 Å². The summed E-state index contributed by atoms with van der Waals surface area (Å²) in [7, 11) is 2.80. The highest BCUT2D eigenvalue weighted by Crippen LogP contribution is 2.34. The minimum atomic E-state index is -0.598. The summed E-state index contributed by atoms with van der Waals surface area (Å²) < 4.78 is 10.2. The van der Waals surface area contributed by atoms with Crippen LogP contribution in [0.25, 0.3) is 0 Å². The number of carbonyl (C=O) groups is 1. The van der Waals surface area contributed by atoms with Crippen LogP contribution in [0, 0.1) is 16.0 Å². The van der Waals surface area contributed by atoms with Gasteiger partial charge in [0.1, 0.15) is 5.56 Å². The van der Waals surface area contributed by atoms with Gasteiger partial charge in [-0.2, -0.15) is 0 Å². The van der Waals surface area contributed by atoms with Crippen molar-refractivity contribution in [1.29, 1.82) is 0 Å². The highest BCUT2D eigenvalue weighted by molar-refractivity contribution is 5.99. The second kappa shape index (κ2) is 7.28. The van der Waals surface area contributed by atoms with Crippen LogP contribution in [-0.4, -0.2) is 44.2 Å².